The summed E-state index contributed by atoms with van der Waals surface area (Å²) in [5, 5.41) is 0. The first-order valence-corrected chi connectivity index (χ1v) is 10.6. The molecule has 0 radical (unpaired) electrons. The Kier molecular flexibility index (Phi) is 5.36. The maximum atomic E-state index is 12.5. The minimum atomic E-state index is -0.522. The standard InChI is InChI=1S/C22H29N5O4/c1-22(2,3)31-21(29)26-9-7-14(8-10-26)27-12-16(19(28)30-4)15-6-5-13-11-24-20(23)25-17(13)18(15)27/h11-12,14H,5-10H2,1-4H3,(H2,23,24,25). The summed E-state index contributed by atoms with van der Waals surface area (Å²) < 4.78 is 12.7. The number of piperidine rings is 1. The lowest BCUT2D eigenvalue weighted by Crippen LogP contribution is -2.42. The number of carbonyl (C=O) groups excluding carboxylic acids is 2. The molecule has 1 amide bonds. The summed E-state index contributed by atoms with van der Waals surface area (Å²) in [7, 11) is 1.39. The van der Waals surface area contributed by atoms with Crippen molar-refractivity contribution in [3.63, 3.8) is 0 Å². The number of esters is 1. The lowest BCUT2D eigenvalue weighted by Gasteiger charge is -2.35. The van der Waals surface area contributed by atoms with Gasteiger partial charge in [0.1, 0.15) is 5.60 Å². The van der Waals surface area contributed by atoms with Crippen LogP contribution in [0, 0.1) is 0 Å². The van der Waals surface area contributed by atoms with E-state index in [2.05, 4.69) is 14.5 Å². The van der Waals surface area contributed by atoms with Gasteiger partial charge in [-0.3, -0.25) is 0 Å². The highest BCUT2D eigenvalue weighted by atomic mass is 16.6. The quantitative estimate of drug-likeness (QED) is 0.733. The van der Waals surface area contributed by atoms with Crippen molar-refractivity contribution in [2.24, 2.45) is 0 Å². The monoisotopic (exact) mass is 427 g/mol. The second-order valence-electron chi connectivity index (χ2n) is 9.07. The number of amides is 1. The molecular formula is C22H29N5O4. The van der Waals surface area contributed by atoms with Crippen LogP contribution in [0.3, 0.4) is 0 Å². The van der Waals surface area contributed by atoms with E-state index in [1.54, 1.807) is 11.1 Å². The van der Waals surface area contributed by atoms with Gasteiger partial charge in [0.05, 0.1) is 24.1 Å². The van der Waals surface area contributed by atoms with Crippen LogP contribution < -0.4 is 5.73 Å². The van der Waals surface area contributed by atoms with Crippen LogP contribution >= 0.6 is 0 Å². The molecule has 4 rings (SSSR count). The molecule has 0 aromatic carbocycles. The van der Waals surface area contributed by atoms with Crippen LogP contribution in [-0.2, 0) is 22.3 Å². The Morgan fingerprint density at radius 2 is 1.90 bits per heavy atom. The molecule has 0 atom stereocenters. The van der Waals surface area contributed by atoms with Crippen molar-refractivity contribution in [2.75, 3.05) is 25.9 Å². The number of likely N-dealkylation sites (tertiary alicyclic amines) is 1. The van der Waals surface area contributed by atoms with Gasteiger partial charge in [-0.2, -0.15) is 0 Å². The van der Waals surface area contributed by atoms with Gasteiger partial charge in [0.15, 0.2) is 0 Å². The molecule has 1 aliphatic carbocycles. The Labute approximate surface area is 181 Å². The predicted molar refractivity (Wildman–Crippen MR) is 115 cm³/mol. The number of hydrogen-bond acceptors (Lipinski definition) is 7. The lowest BCUT2D eigenvalue weighted by molar-refractivity contribution is 0.0189. The number of nitrogens with two attached hydrogens (primary N) is 1. The predicted octanol–water partition coefficient (Wildman–Crippen LogP) is 2.98. The molecule has 1 fully saturated rings. The van der Waals surface area contributed by atoms with E-state index in [-0.39, 0.29) is 24.1 Å². The number of anilines is 1. The van der Waals surface area contributed by atoms with Crippen molar-refractivity contribution in [1.82, 2.24) is 19.4 Å². The van der Waals surface area contributed by atoms with Gasteiger partial charge in [-0.25, -0.2) is 19.6 Å². The second kappa shape index (κ2) is 7.86. The van der Waals surface area contributed by atoms with E-state index in [1.807, 2.05) is 27.0 Å². The zero-order valence-corrected chi connectivity index (χ0v) is 18.5. The van der Waals surface area contributed by atoms with Gasteiger partial charge in [0.2, 0.25) is 5.95 Å². The molecule has 1 saturated heterocycles. The summed E-state index contributed by atoms with van der Waals surface area (Å²) in [6, 6.07) is 0.119. The zero-order chi connectivity index (χ0) is 22.3. The van der Waals surface area contributed by atoms with Gasteiger partial charge in [-0.15, -0.1) is 0 Å². The van der Waals surface area contributed by atoms with E-state index >= 15 is 0 Å². The first-order valence-electron chi connectivity index (χ1n) is 10.6. The number of hydrogen-bond donors (Lipinski definition) is 1. The highest BCUT2D eigenvalue weighted by molar-refractivity contribution is 5.94. The van der Waals surface area contributed by atoms with Crippen LogP contribution in [-0.4, -0.2) is 57.3 Å². The molecule has 0 unspecified atom stereocenters. The SMILES string of the molecule is COC(=O)c1cn(C2CCN(C(=O)OC(C)(C)C)CC2)c2c1CCc1cnc(N)nc1-2. The van der Waals surface area contributed by atoms with E-state index < -0.39 is 5.60 Å². The summed E-state index contributed by atoms with van der Waals surface area (Å²) in [6.45, 7) is 6.76. The molecule has 2 aliphatic rings. The van der Waals surface area contributed by atoms with Gasteiger partial charge in [-0.1, -0.05) is 0 Å². The number of aromatic nitrogens is 3. The third-order valence-corrected chi connectivity index (χ3v) is 5.80. The zero-order valence-electron chi connectivity index (χ0n) is 18.5. The van der Waals surface area contributed by atoms with Crippen LogP contribution in [0.4, 0.5) is 10.7 Å². The largest absolute Gasteiger partial charge is 0.465 e. The fourth-order valence-electron chi connectivity index (χ4n) is 4.38. The van der Waals surface area contributed by atoms with E-state index in [0.717, 1.165) is 41.8 Å². The van der Waals surface area contributed by atoms with Crippen molar-refractivity contribution in [2.45, 2.75) is 58.1 Å². The first-order chi connectivity index (χ1) is 14.7. The highest BCUT2D eigenvalue weighted by Crippen LogP contribution is 2.39. The lowest BCUT2D eigenvalue weighted by atomic mass is 9.92. The van der Waals surface area contributed by atoms with Crippen molar-refractivity contribution in [3.8, 4) is 11.4 Å². The Morgan fingerprint density at radius 3 is 2.55 bits per heavy atom. The molecule has 166 valence electrons. The summed E-state index contributed by atoms with van der Waals surface area (Å²) in [5.74, 6) is -0.148. The molecule has 3 heterocycles. The minimum absolute atomic E-state index is 0.119. The number of nitrogens with zero attached hydrogens (tertiary/aromatic N) is 4. The fraction of sp³-hybridized carbons (Fsp3) is 0.545. The number of methoxy groups -OCH3 is 1. The summed E-state index contributed by atoms with van der Waals surface area (Å²) in [4.78, 5) is 35.3. The fourth-order valence-corrected chi connectivity index (χ4v) is 4.38. The van der Waals surface area contributed by atoms with Crippen LogP contribution in [0.25, 0.3) is 11.4 Å². The van der Waals surface area contributed by atoms with Crippen molar-refractivity contribution in [3.05, 3.63) is 29.1 Å². The molecule has 0 bridgehead atoms. The van der Waals surface area contributed by atoms with E-state index in [4.69, 9.17) is 15.2 Å². The number of aryl methyl sites for hydroxylation is 1. The number of carbonyl (C=O) groups is 2. The van der Waals surface area contributed by atoms with Gasteiger partial charge in [0, 0.05) is 31.5 Å². The Morgan fingerprint density at radius 1 is 1.19 bits per heavy atom. The summed E-state index contributed by atoms with van der Waals surface area (Å²) in [5.41, 5.74) is 9.56. The van der Waals surface area contributed by atoms with Crippen LogP contribution in [0.1, 0.15) is 61.1 Å². The molecule has 2 aromatic rings. The Balaban J connectivity index is 1.65. The van der Waals surface area contributed by atoms with Crippen LogP contribution in [0.5, 0.6) is 0 Å². The molecule has 2 N–H and O–H groups in total. The average molecular weight is 428 g/mol. The molecule has 31 heavy (non-hydrogen) atoms. The van der Waals surface area contributed by atoms with Gasteiger partial charge < -0.3 is 24.7 Å². The van der Waals surface area contributed by atoms with Crippen molar-refractivity contribution >= 4 is 18.0 Å². The van der Waals surface area contributed by atoms with E-state index in [0.29, 0.717) is 25.1 Å². The molecular weight excluding hydrogens is 398 g/mol. The maximum Gasteiger partial charge on any atom is 0.410 e. The molecule has 0 saturated carbocycles. The maximum absolute atomic E-state index is 12.5. The molecule has 2 aromatic heterocycles. The smallest absolute Gasteiger partial charge is 0.410 e. The first kappa shape index (κ1) is 21.1. The molecule has 1 aliphatic heterocycles. The molecule has 9 nitrogen and oxygen atoms in total. The second-order valence-corrected chi connectivity index (χ2v) is 9.07. The number of rotatable bonds is 2. The number of ether oxygens (including phenoxy) is 2. The number of fused-ring (bicyclic) bond motifs is 3. The summed E-state index contributed by atoms with van der Waals surface area (Å²) >= 11 is 0. The Hall–Kier alpha value is -3.10. The minimum Gasteiger partial charge on any atom is -0.465 e. The van der Waals surface area contributed by atoms with Crippen molar-refractivity contribution in [1.29, 1.82) is 0 Å². The topological polar surface area (TPSA) is 113 Å². The number of nitrogen functional groups attached to an aromatic ring is 1. The van der Waals surface area contributed by atoms with E-state index in [9.17, 15) is 9.59 Å². The third-order valence-electron chi connectivity index (χ3n) is 5.80. The third kappa shape index (κ3) is 4.08. The van der Waals surface area contributed by atoms with Crippen LogP contribution in [0.15, 0.2) is 12.4 Å². The van der Waals surface area contributed by atoms with Gasteiger partial charge in [-0.05, 0) is 57.6 Å². The Bertz CT molecular complexity index is 1020. The summed E-state index contributed by atoms with van der Waals surface area (Å²) in [6.07, 6.45) is 6.30. The molecule has 0 spiro atoms. The highest BCUT2D eigenvalue weighted by Gasteiger charge is 2.33. The van der Waals surface area contributed by atoms with Gasteiger partial charge >= 0.3 is 12.1 Å². The molecule has 9 heteroatoms. The van der Waals surface area contributed by atoms with Gasteiger partial charge in [0.25, 0.3) is 0 Å². The van der Waals surface area contributed by atoms with Crippen LogP contribution in [0.2, 0.25) is 0 Å². The van der Waals surface area contributed by atoms with E-state index in [1.165, 1.54) is 7.11 Å². The average Bonchev–Trinajstić information content (AvgIpc) is 3.12. The van der Waals surface area contributed by atoms with Crippen molar-refractivity contribution < 1.29 is 19.1 Å². The normalized spacial score (nSPS) is 16.5.